The van der Waals surface area contributed by atoms with Gasteiger partial charge in [0.2, 0.25) is 0 Å². The number of amides is 2. The highest BCUT2D eigenvalue weighted by Gasteiger charge is 2.05. The first-order chi connectivity index (χ1) is 5.79. The van der Waals surface area contributed by atoms with Crippen LogP contribution in [0.4, 0.5) is 4.79 Å². The summed E-state index contributed by atoms with van der Waals surface area (Å²) in [6.45, 7) is 0. The molecule has 0 heterocycles. The molecular formula is C8H15N3O. The summed E-state index contributed by atoms with van der Waals surface area (Å²) in [6, 6.07) is -0.577. The monoisotopic (exact) mass is 169 g/mol. The molecule has 4 heteroatoms. The summed E-state index contributed by atoms with van der Waals surface area (Å²) in [5, 5.41) is 3.93. The van der Waals surface area contributed by atoms with Gasteiger partial charge in [0.15, 0.2) is 0 Å². The summed E-state index contributed by atoms with van der Waals surface area (Å²) < 4.78 is 0. The Morgan fingerprint density at radius 3 is 2.33 bits per heavy atom. The van der Waals surface area contributed by atoms with E-state index >= 15 is 0 Å². The van der Waals surface area contributed by atoms with E-state index in [0.717, 1.165) is 18.6 Å². The largest absolute Gasteiger partial charge is 0.350 e. The number of rotatable bonds is 1. The van der Waals surface area contributed by atoms with Gasteiger partial charge in [-0.1, -0.05) is 12.8 Å². The molecule has 2 amide bonds. The molecule has 68 valence electrons. The maximum absolute atomic E-state index is 10.3. The minimum absolute atomic E-state index is 0.577. The second kappa shape index (κ2) is 4.74. The molecule has 4 nitrogen and oxygen atoms in total. The highest BCUT2D eigenvalue weighted by Crippen LogP contribution is 2.14. The molecule has 1 aliphatic carbocycles. The van der Waals surface area contributed by atoms with Crippen molar-refractivity contribution >= 4 is 11.7 Å². The van der Waals surface area contributed by atoms with Crippen LogP contribution in [0.2, 0.25) is 0 Å². The molecule has 1 rings (SSSR count). The Labute approximate surface area is 72.2 Å². The molecule has 0 spiro atoms. The first-order valence-corrected chi connectivity index (χ1v) is 4.40. The Hall–Kier alpha value is -1.06. The van der Waals surface area contributed by atoms with Crippen LogP contribution in [0.5, 0.6) is 0 Å². The Morgan fingerprint density at radius 1 is 1.25 bits per heavy atom. The van der Waals surface area contributed by atoms with Gasteiger partial charge in [0, 0.05) is 5.71 Å². The molecule has 0 aromatic heterocycles. The third-order valence-corrected chi connectivity index (χ3v) is 2.00. The van der Waals surface area contributed by atoms with Crippen molar-refractivity contribution in [3.8, 4) is 0 Å². The topological polar surface area (TPSA) is 67.5 Å². The minimum Gasteiger partial charge on any atom is -0.350 e. The van der Waals surface area contributed by atoms with Crippen LogP contribution in [0.1, 0.15) is 38.5 Å². The second-order valence-corrected chi connectivity index (χ2v) is 3.07. The van der Waals surface area contributed by atoms with Gasteiger partial charge in [-0.05, 0) is 25.7 Å². The average molecular weight is 169 g/mol. The van der Waals surface area contributed by atoms with Crippen molar-refractivity contribution in [3.63, 3.8) is 0 Å². The highest BCUT2D eigenvalue weighted by atomic mass is 16.2. The van der Waals surface area contributed by atoms with E-state index in [9.17, 15) is 4.79 Å². The van der Waals surface area contributed by atoms with Gasteiger partial charge in [0.1, 0.15) is 0 Å². The lowest BCUT2D eigenvalue weighted by molar-refractivity contribution is 0.249. The molecule has 0 unspecified atom stereocenters. The number of hydrogen-bond donors (Lipinski definition) is 2. The zero-order valence-electron chi connectivity index (χ0n) is 7.18. The van der Waals surface area contributed by atoms with Gasteiger partial charge >= 0.3 is 6.03 Å². The van der Waals surface area contributed by atoms with E-state index in [4.69, 9.17) is 5.73 Å². The quantitative estimate of drug-likeness (QED) is 0.451. The van der Waals surface area contributed by atoms with E-state index in [-0.39, 0.29) is 0 Å². The molecule has 0 atom stereocenters. The van der Waals surface area contributed by atoms with Crippen molar-refractivity contribution in [2.24, 2.45) is 10.8 Å². The fraction of sp³-hybridized carbons (Fsp3) is 0.750. The fourth-order valence-corrected chi connectivity index (χ4v) is 1.38. The van der Waals surface area contributed by atoms with Gasteiger partial charge < -0.3 is 5.73 Å². The Kier molecular flexibility index (Phi) is 3.57. The van der Waals surface area contributed by atoms with Crippen molar-refractivity contribution < 1.29 is 4.79 Å². The van der Waals surface area contributed by atoms with E-state index < -0.39 is 6.03 Å². The molecule has 12 heavy (non-hydrogen) atoms. The van der Waals surface area contributed by atoms with Crippen molar-refractivity contribution in [2.45, 2.75) is 38.5 Å². The predicted octanol–water partition coefficient (Wildman–Crippen LogP) is 1.36. The molecule has 1 fully saturated rings. The van der Waals surface area contributed by atoms with Gasteiger partial charge in [-0.2, -0.15) is 5.10 Å². The van der Waals surface area contributed by atoms with Crippen molar-refractivity contribution in [1.82, 2.24) is 5.43 Å². The maximum atomic E-state index is 10.3. The van der Waals surface area contributed by atoms with Crippen LogP contribution in [0.25, 0.3) is 0 Å². The zero-order chi connectivity index (χ0) is 8.81. The normalized spacial score (nSPS) is 18.2. The van der Waals surface area contributed by atoms with E-state index in [1.54, 1.807) is 0 Å². The van der Waals surface area contributed by atoms with E-state index in [0.29, 0.717) is 0 Å². The SMILES string of the molecule is NC(=O)NN=C1CCCCCC1. The van der Waals surface area contributed by atoms with Gasteiger partial charge in [0.05, 0.1) is 0 Å². The summed E-state index contributed by atoms with van der Waals surface area (Å²) in [6.07, 6.45) is 6.91. The van der Waals surface area contributed by atoms with Crippen LogP contribution in [-0.4, -0.2) is 11.7 Å². The summed E-state index contributed by atoms with van der Waals surface area (Å²) in [5.74, 6) is 0. The average Bonchev–Trinajstić information content (AvgIpc) is 2.28. The lowest BCUT2D eigenvalue weighted by atomic mass is 10.2. The van der Waals surface area contributed by atoms with Crippen LogP contribution < -0.4 is 11.2 Å². The standard InChI is InChI=1S/C8H15N3O/c9-8(12)11-10-7-5-3-1-2-4-6-7/h1-6H2,(H3,9,11,12). The van der Waals surface area contributed by atoms with E-state index in [1.807, 2.05) is 0 Å². The van der Waals surface area contributed by atoms with Crippen LogP contribution in [-0.2, 0) is 0 Å². The number of carbonyl (C=O) groups is 1. The lowest BCUT2D eigenvalue weighted by Crippen LogP contribution is -2.25. The number of carbonyl (C=O) groups excluding carboxylic acids is 1. The molecule has 0 radical (unpaired) electrons. The first kappa shape index (κ1) is 9.03. The van der Waals surface area contributed by atoms with Crippen LogP contribution in [0.3, 0.4) is 0 Å². The number of hydrogen-bond acceptors (Lipinski definition) is 2. The maximum Gasteiger partial charge on any atom is 0.332 e. The highest BCUT2D eigenvalue weighted by molar-refractivity contribution is 5.85. The molecule has 1 saturated carbocycles. The molecule has 1 aliphatic rings. The van der Waals surface area contributed by atoms with E-state index in [2.05, 4.69) is 10.5 Å². The van der Waals surface area contributed by atoms with Crippen molar-refractivity contribution in [1.29, 1.82) is 0 Å². The summed E-state index contributed by atoms with van der Waals surface area (Å²) in [7, 11) is 0. The number of nitrogens with zero attached hydrogens (tertiary/aromatic N) is 1. The summed E-state index contributed by atoms with van der Waals surface area (Å²) >= 11 is 0. The minimum atomic E-state index is -0.577. The number of hydrazone groups is 1. The smallest absolute Gasteiger partial charge is 0.332 e. The molecule has 0 aromatic carbocycles. The first-order valence-electron chi connectivity index (χ1n) is 4.40. The molecule has 0 bridgehead atoms. The molecule has 0 saturated heterocycles. The summed E-state index contributed by atoms with van der Waals surface area (Å²) in [4.78, 5) is 10.3. The molecule has 0 aromatic rings. The number of urea groups is 1. The fourth-order valence-electron chi connectivity index (χ4n) is 1.38. The van der Waals surface area contributed by atoms with Gasteiger partial charge in [-0.3, -0.25) is 0 Å². The van der Waals surface area contributed by atoms with Gasteiger partial charge in [0.25, 0.3) is 0 Å². The van der Waals surface area contributed by atoms with Crippen LogP contribution in [0.15, 0.2) is 5.10 Å². The van der Waals surface area contributed by atoms with E-state index in [1.165, 1.54) is 25.7 Å². The van der Waals surface area contributed by atoms with Crippen molar-refractivity contribution in [3.05, 3.63) is 0 Å². The summed E-state index contributed by atoms with van der Waals surface area (Å²) in [5.41, 5.74) is 8.24. The number of nitrogens with two attached hydrogens (primary N) is 1. The Balaban J connectivity index is 2.37. The molecule has 0 aliphatic heterocycles. The van der Waals surface area contributed by atoms with Gasteiger partial charge in [-0.25, -0.2) is 10.2 Å². The number of nitrogens with one attached hydrogen (secondary N) is 1. The molecular weight excluding hydrogens is 154 g/mol. The molecule has 3 N–H and O–H groups in total. The lowest BCUT2D eigenvalue weighted by Gasteiger charge is -2.00. The third kappa shape index (κ3) is 3.37. The zero-order valence-corrected chi connectivity index (χ0v) is 7.18. The Bertz CT molecular complexity index is 179. The van der Waals surface area contributed by atoms with Gasteiger partial charge in [-0.15, -0.1) is 0 Å². The van der Waals surface area contributed by atoms with Crippen LogP contribution >= 0.6 is 0 Å². The predicted molar refractivity (Wildman–Crippen MR) is 47.9 cm³/mol. The third-order valence-electron chi connectivity index (χ3n) is 2.00. The van der Waals surface area contributed by atoms with Crippen LogP contribution in [0, 0.1) is 0 Å². The Morgan fingerprint density at radius 2 is 1.83 bits per heavy atom. The van der Waals surface area contributed by atoms with Crippen molar-refractivity contribution in [2.75, 3.05) is 0 Å². The number of primary amides is 1. The second-order valence-electron chi connectivity index (χ2n) is 3.07.